The predicted molar refractivity (Wildman–Crippen MR) is 133 cm³/mol. The number of hydrogen-bond acceptors (Lipinski definition) is 7. The predicted octanol–water partition coefficient (Wildman–Crippen LogP) is 3.71. The second-order valence-corrected chi connectivity index (χ2v) is 10.3. The Bertz CT molecular complexity index is 1400. The maximum atomic E-state index is 14.4. The van der Waals surface area contributed by atoms with Gasteiger partial charge in [0.25, 0.3) is 0 Å². The molecule has 0 amide bonds. The molecule has 1 atom stereocenters. The van der Waals surface area contributed by atoms with Gasteiger partial charge in [0.2, 0.25) is 0 Å². The number of anilines is 2. The van der Waals surface area contributed by atoms with Gasteiger partial charge in [-0.3, -0.25) is 9.98 Å². The minimum absolute atomic E-state index is 0.246. The highest BCUT2D eigenvalue weighted by molar-refractivity contribution is 6.11. The van der Waals surface area contributed by atoms with Crippen LogP contribution >= 0.6 is 0 Å². The summed E-state index contributed by atoms with van der Waals surface area (Å²) >= 11 is 0. The van der Waals surface area contributed by atoms with Crippen molar-refractivity contribution < 1.29 is 8.78 Å². The van der Waals surface area contributed by atoms with Crippen molar-refractivity contribution in [3.8, 4) is 0 Å². The second kappa shape index (κ2) is 8.03. The molecule has 3 aliphatic heterocycles. The molecule has 0 radical (unpaired) electrons. The van der Waals surface area contributed by atoms with Crippen LogP contribution in [-0.4, -0.2) is 40.4 Å². The van der Waals surface area contributed by atoms with Gasteiger partial charge in [0.15, 0.2) is 5.84 Å². The van der Waals surface area contributed by atoms with E-state index in [1.54, 1.807) is 0 Å². The fourth-order valence-corrected chi connectivity index (χ4v) is 6.47. The van der Waals surface area contributed by atoms with Gasteiger partial charge in [0.05, 0.1) is 29.8 Å². The van der Waals surface area contributed by atoms with E-state index < -0.39 is 11.6 Å². The van der Waals surface area contributed by atoms with Crippen molar-refractivity contribution in [2.45, 2.75) is 44.7 Å². The van der Waals surface area contributed by atoms with Crippen molar-refractivity contribution >= 4 is 17.3 Å². The van der Waals surface area contributed by atoms with E-state index in [0.29, 0.717) is 24.1 Å². The smallest absolute Gasteiger partial charge is 0.156 e. The molecule has 0 bridgehead atoms. The van der Waals surface area contributed by atoms with Gasteiger partial charge in [-0.05, 0) is 66.8 Å². The molecular weight excluding hydrogens is 460 g/mol. The van der Waals surface area contributed by atoms with E-state index in [2.05, 4.69) is 20.9 Å². The van der Waals surface area contributed by atoms with E-state index in [0.717, 1.165) is 85.8 Å². The molecule has 0 unspecified atom stereocenters. The average molecular weight is 488 g/mol. The van der Waals surface area contributed by atoms with Gasteiger partial charge in [-0.15, -0.1) is 0 Å². The van der Waals surface area contributed by atoms with Gasteiger partial charge in [0.1, 0.15) is 23.1 Å². The first-order valence-electron chi connectivity index (χ1n) is 12.6. The Kier molecular flexibility index (Phi) is 4.86. The number of pyridine rings is 1. The van der Waals surface area contributed by atoms with Crippen molar-refractivity contribution in [2.24, 2.45) is 16.1 Å². The first-order chi connectivity index (χ1) is 17.5. The van der Waals surface area contributed by atoms with E-state index in [-0.39, 0.29) is 11.5 Å². The van der Waals surface area contributed by atoms with E-state index in [9.17, 15) is 8.78 Å². The molecule has 7 rings (SSSR count). The van der Waals surface area contributed by atoms with E-state index in [4.69, 9.17) is 20.7 Å². The minimum Gasteiger partial charge on any atom is -0.355 e. The summed E-state index contributed by atoms with van der Waals surface area (Å²) in [6.07, 6.45) is 7.83. The molecule has 0 saturated carbocycles. The van der Waals surface area contributed by atoms with Crippen LogP contribution in [-0.2, 0) is 19.4 Å². The molecule has 1 aromatic carbocycles. The number of halogens is 2. The molecule has 1 spiro atoms. The Hall–Kier alpha value is -3.46. The Morgan fingerprint density at radius 2 is 1.92 bits per heavy atom. The highest BCUT2D eigenvalue weighted by Crippen LogP contribution is 2.51. The fourth-order valence-electron chi connectivity index (χ4n) is 6.47. The lowest BCUT2D eigenvalue weighted by Crippen LogP contribution is -2.44. The van der Waals surface area contributed by atoms with Crippen LogP contribution < -0.4 is 15.5 Å². The Balaban J connectivity index is 1.09. The van der Waals surface area contributed by atoms with E-state index in [1.807, 2.05) is 18.5 Å². The fraction of sp³-hybridized carbons (Fsp3) is 0.407. The molecular formula is C27H27F2N7. The first kappa shape index (κ1) is 21.8. The number of piperidine rings is 1. The topological polar surface area (TPSA) is 83.5 Å². The summed E-state index contributed by atoms with van der Waals surface area (Å²) in [4.78, 5) is 23.5. The Morgan fingerprint density at radius 1 is 1.06 bits per heavy atom. The van der Waals surface area contributed by atoms with Gasteiger partial charge in [-0.1, -0.05) is 0 Å². The van der Waals surface area contributed by atoms with Crippen LogP contribution in [0.3, 0.4) is 0 Å². The van der Waals surface area contributed by atoms with Gasteiger partial charge >= 0.3 is 0 Å². The second-order valence-electron chi connectivity index (χ2n) is 10.3. The number of benzene rings is 1. The molecule has 7 nitrogen and oxygen atoms in total. The number of fused-ring (bicyclic) bond motifs is 3. The summed E-state index contributed by atoms with van der Waals surface area (Å²) in [5.74, 6) is 0.671. The largest absolute Gasteiger partial charge is 0.355 e. The molecule has 36 heavy (non-hydrogen) atoms. The zero-order valence-corrected chi connectivity index (χ0v) is 19.9. The van der Waals surface area contributed by atoms with Crippen molar-refractivity contribution in [2.75, 3.05) is 29.4 Å². The van der Waals surface area contributed by atoms with Crippen molar-refractivity contribution in [1.29, 1.82) is 0 Å². The molecule has 1 saturated heterocycles. The van der Waals surface area contributed by atoms with Gasteiger partial charge < -0.3 is 15.5 Å². The summed E-state index contributed by atoms with van der Waals surface area (Å²) in [5, 5.41) is 0. The van der Waals surface area contributed by atoms with E-state index in [1.165, 1.54) is 6.07 Å². The third kappa shape index (κ3) is 3.25. The molecule has 184 valence electrons. The zero-order valence-electron chi connectivity index (χ0n) is 19.9. The Labute approximate surface area is 208 Å². The maximum Gasteiger partial charge on any atom is 0.156 e. The summed E-state index contributed by atoms with van der Waals surface area (Å²) < 4.78 is 28.3. The normalized spacial score (nSPS) is 21.9. The van der Waals surface area contributed by atoms with Crippen LogP contribution in [0.25, 0.3) is 0 Å². The molecule has 5 heterocycles. The van der Waals surface area contributed by atoms with Crippen LogP contribution in [0.2, 0.25) is 0 Å². The lowest BCUT2D eigenvalue weighted by Gasteiger charge is -2.42. The van der Waals surface area contributed by atoms with Crippen LogP contribution in [0.5, 0.6) is 0 Å². The number of aryl methyl sites for hydroxylation is 1. The number of nitrogens with two attached hydrogens (primary N) is 1. The average Bonchev–Trinajstić information content (AvgIpc) is 3.43. The van der Waals surface area contributed by atoms with Crippen molar-refractivity contribution in [3.63, 3.8) is 0 Å². The molecule has 2 aromatic heterocycles. The van der Waals surface area contributed by atoms with Crippen molar-refractivity contribution in [3.05, 3.63) is 76.5 Å². The Morgan fingerprint density at radius 3 is 2.78 bits per heavy atom. The van der Waals surface area contributed by atoms with Gasteiger partial charge in [-0.25, -0.2) is 18.7 Å². The summed E-state index contributed by atoms with van der Waals surface area (Å²) in [6, 6.07) is 6.08. The highest BCUT2D eigenvalue weighted by Gasteiger charge is 2.47. The monoisotopic (exact) mass is 487 g/mol. The quantitative estimate of drug-likeness (QED) is 0.564. The van der Waals surface area contributed by atoms with Crippen LogP contribution in [0.15, 0.2) is 41.7 Å². The lowest BCUT2D eigenvalue weighted by atomic mass is 9.73. The standard InChI is InChI=1S/C27H27F2N7/c28-16-11-17-18(19(29)12-16)13-27(25(17)30)5-9-35(10-6-27)23-15-32-24-21(34-23)14-33-26(24)36-8-2-3-20-22(36)4-1-7-31-20/h1,4,7,11-12,15,25H,2-3,5-6,8-10,13-14,30H2/t25-/m1/s1. The first-order valence-corrected chi connectivity index (χ1v) is 12.6. The number of hydrogen-bond donors (Lipinski definition) is 1. The SMILES string of the molecule is N[C@@H]1c2cc(F)cc(F)c2CC12CCN(c1cnc3c(n1)CN=C3N1CCCc3ncccc31)CC2. The highest BCUT2D eigenvalue weighted by atomic mass is 19.1. The molecule has 1 fully saturated rings. The summed E-state index contributed by atoms with van der Waals surface area (Å²) in [6.45, 7) is 2.90. The number of amidine groups is 1. The molecule has 4 aliphatic rings. The van der Waals surface area contributed by atoms with Crippen LogP contribution in [0, 0.1) is 17.0 Å². The summed E-state index contributed by atoms with van der Waals surface area (Å²) in [5.41, 5.74) is 11.5. The minimum atomic E-state index is -0.560. The molecule has 1 aliphatic carbocycles. The van der Waals surface area contributed by atoms with Crippen molar-refractivity contribution in [1.82, 2.24) is 15.0 Å². The van der Waals surface area contributed by atoms with Gasteiger partial charge in [-0.2, -0.15) is 0 Å². The third-order valence-electron chi connectivity index (χ3n) is 8.43. The maximum absolute atomic E-state index is 14.4. The number of rotatable bonds is 1. The molecule has 3 aromatic rings. The van der Waals surface area contributed by atoms with Crippen LogP contribution in [0.4, 0.5) is 20.3 Å². The summed E-state index contributed by atoms with van der Waals surface area (Å²) in [7, 11) is 0. The molecule has 9 heteroatoms. The third-order valence-corrected chi connectivity index (χ3v) is 8.43. The number of nitrogens with zero attached hydrogens (tertiary/aromatic N) is 6. The van der Waals surface area contributed by atoms with Crippen LogP contribution in [0.1, 0.15) is 53.5 Å². The number of aliphatic imine (C=N–C) groups is 1. The van der Waals surface area contributed by atoms with Gasteiger partial charge in [0, 0.05) is 37.9 Å². The zero-order chi connectivity index (χ0) is 24.4. The van der Waals surface area contributed by atoms with E-state index >= 15 is 0 Å². The lowest BCUT2D eigenvalue weighted by molar-refractivity contribution is 0.186. The molecule has 2 N–H and O–H groups in total. The number of aromatic nitrogens is 3.